The van der Waals surface area contributed by atoms with Crippen LogP contribution in [0.5, 0.6) is 0 Å². The minimum atomic E-state index is -5.08. The number of benzene rings is 1. The van der Waals surface area contributed by atoms with Crippen LogP contribution in [-0.2, 0) is 16.0 Å². The molecule has 4 N–H and O–H groups in total. The van der Waals surface area contributed by atoms with Gasteiger partial charge < -0.3 is 15.9 Å². The molecule has 20 heavy (non-hydrogen) atoms. The van der Waals surface area contributed by atoms with Crippen molar-refractivity contribution in [1.29, 1.82) is 0 Å². The molecule has 5 nitrogen and oxygen atoms in total. The van der Waals surface area contributed by atoms with Crippen LogP contribution in [-0.4, -0.2) is 34.4 Å². The Labute approximate surface area is 112 Å². The van der Waals surface area contributed by atoms with Gasteiger partial charge in [-0.3, -0.25) is 4.79 Å². The van der Waals surface area contributed by atoms with Crippen molar-refractivity contribution in [3.05, 3.63) is 35.9 Å². The van der Waals surface area contributed by atoms with E-state index in [0.717, 1.165) is 5.56 Å². The Morgan fingerprint density at radius 3 is 1.95 bits per heavy atom. The number of carboxylic acids is 2. The number of nitrogens with two attached hydrogens (primary N) is 1. The molecule has 0 aliphatic heterocycles. The Bertz CT molecular complexity index is 434. The van der Waals surface area contributed by atoms with Crippen molar-refractivity contribution in [2.24, 2.45) is 5.73 Å². The molecule has 0 aliphatic carbocycles. The molecule has 0 radical (unpaired) electrons. The third-order valence-electron chi connectivity index (χ3n) is 2.02. The molecule has 0 heterocycles. The first-order chi connectivity index (χ1) is 9.12. The van der Waals surface area contributed by atoms with Gasteiger partial charge in [-0.1, -0.05) is 30.3 Å². The van der Waals surface area contributed by atoms with Gasteiger partial charge in [0, 0.05) is 6.04 Å². The first kappa shape index (κ1) is 17.9. The lowest BCUT2D eigenvalue weighted by Gasteiger charge is -2.07. The van der Waals surface area contributed by atoms with Gasteiger partial charge in [0.2, 0.25) is 0 Å². The molecule has 1 aromatic rings. The lowest BCUT2D eigenvalue weighted by molar-refractivity contribution is -0.192. The topological polar surface area (TPSA) is 101 Å². The molecule has 0 saturated heterocycles. The van der Waals surface area contributed by atoms with Crippen molar-refractivity contribution >= 4 is 11.9 Å². The van der Waals surface area contributed by atoms with E-state index in [4.69, 9.17) is 20.7 Å². The van der Waals surface area contributed by atoms with Crippen LogP contribution in [0.1, 0.15) is 12.0 Å². The zero-order valence-electron chi connectivity index (χ0n) is 10.3. The molecule has 0 amide bonds. The monoisotopic (exact) mass is 293 g/mol. The molecule has 0 fully saturated rings. The van der Waals surface area contributed by atoms with Crippen LogP contribution in [0.3, 0.4) is 0 Å². The summed E-state index contributed by atoms with van der Waals surface area (Å²) < 4.78 is 31.7. The summed E-state index contributed by atoms with van der Waals surface area (Å²) in [7, 11) is 0. The summed E-state index contributed by atoms with van der Waals surface area (Å²) in [6.07, 6.45) is -4.44. The van der Waals surface area contributed by atoms with Gasteiger partial charge in [0.1, 0.15) is 0 Å². The van der Waals surface area contributed by atoms with Crippen LogP contribution >= 0.6 is 0 Å². The molecule has 1 atom stereocenters. The van der Waals surface area contributed by atoms with E-state index in [0.29, 0.717) is 6.42 Å². The van der Waals surface area contributed by atoms with Crippen LogP contribution in [0.25, 0.3) is 0 Å². The predicted molar refractivity (Wildman–Crippen MR) is 64.1 cm³/mol. The number of hydrogen-bond acceptors (Lipinski definition) is 3. The van der Waals surface area contributed by atoms with Crippen LogP contribution in [0.4, 0.5) is 13.2 Å². The molecule has 0 saturated carbocycles. The van der Waals surface area contributed by atoms with Crippen molar-refractivity contribution in [3.63, 3.8) is 0 Å². The molecule has 0 spiro atoms. The number of rotatable bonds is 4. The van der Waals surface area contributed by atoms with Crippen molar-refractivity contribution < 1.29 is 33.0 Å². The molecule has 0 aliphatic rings. The molecule has 8 heteroatoms. The van der Waals surface area contributed by atoms with Gasteiger partial charge in [0.05, 0.1) is 6.42 Å². The fraction of sp³-hybridized carbons (Fsp3) is 0.333. The second kappa shape index (κ2) is 8.16. The van der Waals surface area contributed by atoms with Crippen molar-refractivity contribution in [2.75, 3.05) is 0 Å². The smallest absolute Gasteiger partial charge is 0.481 e. The molecular formula is C12H14F3NO4. The first-order valence-corrected chi connectivity index (χ1v) is 5.44. The maximum absolute atomic E-state index is 10.6. The molecule has 0 bridgehead atoms. The van der Waals surface area contributed by atoms with Gasteiger partial charge in [-0.05, 0) is 12.0 Å². The largest absolute Gasteiger partial charge is 0.490 e. The molecular weight excluding hydrogens is 279 g/mol. The average Bonchev–Trinajstić information content (AvgIpc) is 2.28. The maximum Gasteiger partial charge on any atom is 0.490 e. The van der Waals surface area contributed by atoms with Gasteiger partial charge in [0.25, 0.3) is 0 Å². The molecule has 1 unspecified atom stereocenters. The van der Waals surface area contributed by atoms with E-state index in [9.17, 15) is 18.0 Å². The van der Waals surface area contributed by atoms with Crippen molar-refractivity contribution in [3.8, 4) is 0 Å². The highest BCUT2D eigenvalue weighted by atomic mass is 19.4. The SMILES string of the molecule is NC(CC(=O)O)Cc1ccccc1.O=C(O)C(F)(F)F. The number of alkyl halides is 3. The quantitative estimate of drug-likeness (QED) is 0.784. The second-order valence-electron chi connectivity index (χ2n) is 3.85. The standard InChI is InChI=1S/C10H13NO2.C2HF3O2/c11-9(7-10(12)13)6-8-4-2-1-3-5-8;3-2(4,5)1(6)7/h1-5,9H,6-7,11H2,(H,12,13);(H,6,7). The Morgan fingerprint density at radius 1 is 1.15 bits per heavy atom. The van der Waals surface area contributed by atoms with Crippen LogP contribution in [0.2, 0.25) is 0 Å². The van der Waals surface area contributed by atoms with Crippen LogP contribution in [0, 0.1) is 0 Å². The second-order valence-corrected chi connectivity index (χ2v) is 3.85. The van der Waals surface area contributed by atoms with Gasteiger partial charge in [0.15, 0.2) is 0 Å². The highest BCUT2D eigenvalue weighted by molar-refractivity contribution is 5.73. The zero-order valence-corrected chi connectivity index (χ0v) is 10.3. The van der Waals surface area contributed by atoms with E-state index in [1.807, 2.05) is 30.3 Å². The average molecular weight is 293 g/mol. The summed E-state index contributed by atoms with van der Waals surface area (Å²) in [5.41, 5.74) is 6.71. The van der Waals surface area contributed by atoms with E-state index < -0.39 is 18.1 Å². The van der Waals surface area contributed by atoms with E-state index in [1.165, 1.54) is 0 Å². The van der Waals surface area contributed by atoms with Crippen LogP contribution < -0.4 is 5.73 Å². The number of hydrogen-bond donors (Lipinski definition) is 3. The molecule has 0 aromatic heterocycles. The van der Waals surface area contributed by atoms with E-state index in [1.54, 1.807) is 0 Å². The highest BCUT2D eigenvalue weighted by Crippen LogP contribution is 2.13. The maximum atomic E-state index is 10.6. The van der Waals surface area contributed by atoms with Gasteiger partial charge in [-0.2, -0.15) is 13.2 Å². The fourth-order valence-electron chi connectivity index (χ4n) is 1.21. The van der Waals surface area contributed by atoms with Gasteiger partial charge in [-0.15, -0.1) is 0 Å². The number of carbonyl (C=O) groups is 2. The Kier molecular flexibility index (Phi) is 7.30. The zero-order chi connectivity index (χ0) is 15.8. The Balaban J connectivity index is 0.000000441. The predicted octanol–water partition coefficient (Wildman–Crippen LogP) is 1.66. The summed E-state index contributed by atoms with van der Waals surface area (Å²) in [4.78, 5) is 19.2. The van der Waals surface area contributed by atoms with E-state index >= 15 is 0 Å². The normalized spacial score (nSPS) is 12.0. The van der Waals surface area contributed by atoms with E-state index in [-0.39, 0.29) is 12.5 Å². The molecule has 1 aromatic carbocycles. The lowest BCUT2D eigenvalue weighted by Crippen LogP contribution is -2.25. The summed E-state index contributed by atoms with van der Waals surface area (Å²) >= 11 is 0. The third-order valence-corrected chi connectivity index (χ3v) is 2.02. The van der Waals surface area contributed by atoms with Gasteiger partial charge >= 0.3 is 18.1 Å². The Morgan fingerprint density at radius 2 is 1.60 bits per heavy atom. The highest BCUT2D eigenvalue weighted by Gasteiger charge is 2.38. The number of carboxylic acid groups (broad SMARTS) is 2. The lowest BCUT2D eigenvalue weighted by atomic mass is 10.0. The summed E-state index contributed by atoms with van der Waals surface area (Å²) in [6, 6.07) is 9.36. The van der Waals surface area contributed by atoms with Crippen molar-refractivity contribution in [1.82, 2.24) is 0 Å². The minimum absolute atomic E-state index is 0.0227. The molecule has 1 rings (SSSR count). The molecule has 112 valence electrons. The summed E-state index contributed by atoms with van der Waals surface area (Å²) in [5, 5.41) is 15.6. The fourth-order valence-corrected chi connectivity index (χ4v) is 1.21. The summed E-state index contributed by atoms with van der Waals surface area (Å²) in [5.74, 6) is -3.60. The number of aliphatic carboxylic acids is 2. The third kappa shape index (κ3) is 8.92. The number of halogens is 3. The summed E-state index contributed by atoms with van der Waals surface area (Å²) in [6.45, 7) is 0. The van der Waals surface area contributed by atoms with Crippen LogP contribution in [0.15, 0.2) is 30.3 Å². The first-order valence-electron chi connectivity index (χ1n) is 5.44. The minimum Gasteiger partial charge on any atom is -0.481 e. The van der Waals surface area contributed by atoms with E-state index in [2.05, 4.69) is 0 Å². The van der Waals surface area contributed by atoms with Crippen molar-refractivity contribution in [2.45, 2.75) is 25.1 Å². The Hall–Kier alpha value is -2.09. The van der Waals surface area contributed by atoms with Gasteiger partial charge in [-0.25, -0.2) is 4.79 Å².